The Labute approximate surface area is 201 Å². The quantitative estimate of drug-likeness (QED) is 0.460. The van der Waals surface area contributed by atoms with Crippen LogP contribution < -0.4 is 10.6 Å². The number of halogens is 3. The number of pyridine rings is 1. The van der Waals surface area contributed by atoms with Gasteiger partial charge in [-0.3, -0.25) is 9.78 Å². The highest BCUT2D eigenvalue weighted by atomic mass is 19.4. The third kappa shape index (κ3) is 7.84. The van der Waals surface area contributed by atoms with Crippen molar-refractivity contribution in [1.82, 2.24) is 10.3 Å². The van der Waals surface area contributed by atoms with Gasteiger partial charge in [0.2, 0.25) is 5.91 Å². The average molecular weight is 486 g/mol. The normalized spacial score (nSPS) is 12.5. The number of hydrogen-bond acceptors (Lipinski definition) is 4. The summed E-state index contributed by atoms with van der Waals surface area (Å²) in [6, 6.07) is 14.2. The molecule has 1 atom stereocenters. The second kappa shape index (κ2) is 10.6. The summed E-state index contributed by atoms with van der Waals surface area (Å²) in [5, 5.41) is 5.27. The number of amides is 2. The van der Waals surface area contributed by atoms with E-state index < -0.39 is 35.4 Å². The molecule has 35 heavy (non-hydrogen) atoms. The first-order chi connectivity index (χ1) is 16.4. The first-order valence-corrected chi connectivity index (χ1v) is 10.9. The fourth-order valence-corrected chi connectivity index (χ4v) is 3.24. The van der Waals surface area contributed by atoms with Crippen molar-refractivity contribution in [3.63, 3.8) is 0 Å². The Kier molecular flexibility index (Phi) is 7.78. The van der Waals surface area contributed by atoms with Gasteiger partial charge in [-0.2, -0.15) is 13.2 Å². The number of rotatable bonds is 6. The maximum Gasteiger partial charge on any atom is 0.416 e. The van der Waals surface area contributed by atoms with Gasteiger partial charge in [-0.1, -0.05) is 24.3 Å². The Morgan fingerprint density at radius 2 is 1.46 bits per heavy atom. The van der Waals surface area contributed by atoms with Gasteiger partial charge in [-0.15, -0.1) is 0 Å². The molecular weight excluding hydrogens is 459 g/mol. The molecule has 0 bridgehead atoms. The van der Waals surface area contributed by atoms with Crippen LogP contribution in [-0.4, -0.2) is 28.6 Å². The van der Waals surface area contributed by atoms with E-state index in [-0.39, 0.29) is 6.42 Å². The van der Waals surface area contributed by atoms with Crippen molar-refractivity contribution in [2.45, 2.75) is 45.0 Å². The minimum absolute atomic E-state index is 0.0295. The Bertz CT molecular complexity index is 1140. The lowest BCUT2D eigenvalue weighted by Crippen LogP contribution is -2.47. The lowest BCUT2D eigenvalue weighted by atomic mass is 10.0. The Morgan fingerprint density at radius 3 is 2.00 bits per heavy atom. The maximum atomic E-state index is 13.0. The van der Waals surface area contributed by atoms with E-state index in [1.807, 2.05) is 24.3 Å². The smallest absolute Gasteiger partial charge is 0.416 e. The predicted octanol–water partition coefficient (Wildman–Crippen LogP) is 5.84. The molecular formula is C26H26F3N3O3. The maximum absolute atomic E-state index is 13.0. The first-order valence-electron chi connectivity index (χ1n) is 10.9. The number of carbonyl (C=O) groups is 2. The summed E-state index contributed by atoms with van der Waals surface area (Å²) >= 11 is 0. The summed E-state index contributed by atoms with van der Waals surface area (Å²) in [4.78, 5) is 29.4. The summed E-state index contributed by atoms with van der Waals surface area (Å²) in [5.41, 5.74) is 1.25. The molecule has 9 heteroatoms. The molecule has 0 aliphatic heterocycles. The zero-order chi connectivity index (χ0) is 25.6. The fourth-order valence-electron chi connectivity index (χ4n) is 3.24. The van der Waals surface area contributed by atoms with Gasteiger partial charge in [-0.25, -0.2) is 4.79 Å². The first kappa shape index (κ1) is 25.7. The summed E-state index contributed by atoms with van der Waals surface area (Å²) in [7, 11) is 0. The van der Waals surface area contributed by atoms with Crippen LogP contribution in [0.2, 0.25) is 0 Å². The zero-order valence-electron chi connectivity index (χ0n) is 19.5. The van der Waals surface area contributed by atoms with Crippen LogP contribution in [0.15, 0.2) is 73.1 Å². The molecule has 2 amide bonds. The number of carbonyl (C=O) groups excluding carboxylic acids is 2. The highest BCUT2D eigenvalue weighted by Gasteiger charge is 2.30. The van der Waals surface area contributed by atoms with Gasteiger partial charge in [0.25, 0.3) is 0 Å². The van der Waals surface area contributed by atoms with Gasteiger partial charge in [0.15, 0.2) is 0 Å². The Morgan fingerprint density at radius 1 is 0.886 bits per heavy atom. The van der Waals surface area contributed by atoms with E-state index in [1.54, 1.807) is 45.3 Å². The average Bonchev–Trinajstić information content (AvgIpc) is 2.78. The lowest BCUT2D eigenvalue weighted by Gasteiger charge is -2.23. The summed E-state index contributed by atoms with van der Waals surface area (Å²) in [6.07, 6.45) is -1.94. The number of alkyl halides is 3. The highest BCUT2D eigenvalue weighted by Crippen LogP contribution is 2.29. The topological polar surface area (TPSA) is 80.3 Å². The van der Waals surface area contributed by atoms with E-state index in [2.05, 4.69) is 15.6 Å². The van der Waals surface area contributed by atoms with E-state index in [1.165, 1.54) is 12.1 Å². The van der Waals surface area contributed by atoms with Crippen LogP contribution >= 0.6 is 0 Å². The molecule has 0 saturated carbocycles. The van der Waals surface area contributed by atoms with Gasteiger partial charge in [0.1, 0.15) is 11.6 Å². The molecule has 0 aliphatic carbocycles. The van der Waals surface area contributed by atoms with Crippen LogP contribution in [0.3, 0.4) is 0 Å². The number of anilines is 1. The van der Waals surface area contributed by atoms with Crippen molar-refractivity contribution in [3.8, 4) is 11.1 Å². The van der Waals surface area contributed by atoms with E-state index in [0.29, 0.717) is 11.3 Å². The minimum atomic E-state index is -4.47. The second-order valence-corrected chi connectivity index (χ2v) is 8.90. The number of ether oxygens (including phenoxy) is 1. The molecule has 1 aromatic heterocycles. The number of alkyl carbamates (subject to hydrolysis) is 1. The Hall–Kier alpha value is -3.88. The van der Waals surface area contributed by atoms with Gasteiger partial charge >= 0.3 is 12.3 Å². The second-order valence-electron chi connectivity index (χ2n) is 8.90. The van der Waals surface area contributed by atoms with E-state index >= 15 is 0 Å². The standard InChI is InChI=1S/C26H26F3N3O3/c1-25(2,3)35-24(34)32-22(16-17-4-8-20(9-5-17)26(27,28)29)23(33)31-21-10-6-18(7-11-21)19-12-14-30-15-13-19/h4-15,22H,16H2,1-3H3,(H,31,33)(H,32,34)/t22-/m1/s1. The van der Waals surface area contributed by atoms with Gasteiger partial charge in [0, 0.05) is 24.5 Å². The molecule has 3 aromatic rings. The van der Waals surface area contributed by atoms with Crippen molar-refractivity contribution >= 4 is 17.7 Å². The third-order valence-corrected chi connectivity index (χ3v) is 4.89. The molecule has 0 radical (unpaired) electrons. The van der Waals surface area contributed by atoms with Crippen molar-refractivity contribution in [2.24, 2.45) is 0 Å². The van der Waals surface area contributed by atoms with Crippen LogP contribution in [0.5, 0.6) is 0 Å². The zero-order valence-corrected chi connectivity index (χ0v) is 19.5. The lowest BCUT2D eigenvalue weighted by molar-refractivity contribution is -0.137. The predicted molar refractivity (Wildman–Crippen MR) is 127 cm³/mol. The highest BCUT2D eigenvalue weighted by molar-refractivity contribution is 5.97. The van der Waals surface area contributed by atoms with Crippen LogP contribution in [-0.2, 0) is 22.1 Å². The van der Waals surface area contributed by atoms with Crippen LogP contribution in [0.1, 0.15) is 31.9 Å². The Balaban J connectivity index is 1.75. The number of benzene rings is 2. The van der Waals surface area contributed by atoms with Gasteiger partial charge in [0.05, 0.1) is 5.56 Å². The monoisotopic (exact) mass is 485 g/mol. The van der Waals surface area contributed by atoms with Crippen molar-refractivity contribution < 1.29 is 27.5 Å². The summed E-state index contributed by atoms with van der Waals surface area (Å²) in [5.74, 6) is -0.535. The van der Waals surface area contributed by atoms with Crippen LogP contribution in [0.4, 0.5) is 23.7 Å². The van der Waals surface area contributed by atoms with Crippen molar-refractivity contribution in [2.75, 3.05) is 5.32 Å². The van der Waals surface area contributed by atoms with E-state index in [4.69, 9.17) is 4.74 Å². The molecule has 3 rings (SSSR count). The van der Waals surface area contributed by atoms with E-state index in [0.717, 1.165) is 23.3 Å². The molecule has 1 heterocycles. The number of nitrogens with zero attached hydrogens (tertiary/aromatic N) is 1. The largest absolute Gasteiger partial charge is 0.444 e. The molecule has 6 nitrogen and oxygen atoms in total. The molecule has 0 saturated heterocycles. The molecule has 0 unspecified atom stereocenters. The van der Waals surface area contributed by atoms with Crippen LogP contribution in [0.25, 0.3) is 11.1 Å². The summed E-state index contributed by atoms with van der Waals surface area (Å²) in [6.45, 7) is 5.05. The van der Waals surface area contributed by atoms with E-state index in [9.17, 15) is 22.8 Å². The van der Waals surface area contributed by atoms with Gasteiger partial charge < -0.3 is 15.4 Å². The third-order valence-electron chi connectivity index (χ3n) is 4.89. The fraction of sp³-hybridized carbons (Fsp3) is 0.269. The number of aromatic nitrogens is 1. The number of hydrogen-bond donors (Lipinski definition) is 2. The minimum Gasteiger partial charge on any atom is -0.444 e. The summed E-state index contributed by atoms with van der Waals surface area (Å²) < 4.78 is 43.9. The van der Waals surface area contributed by atoms with Crippen molar-refractivity contribution in [1.29, 1.82) is 0 Å². The molecule has 184 valence electrons. The van der Waals surface area contributed by atoms with Gasteiger partial charge in [-0.05, 0) is 73.9 Å². The molecule has 0 fully saturated rings. The molecule has 0 spiro atoms. The SMILES string of the molecule is CC(C)(C)OC(=O)N[C@H](Cc1ccc(C(F)(F)F)cc1)C(=O)Nc1ccc(-c2ccncc2)cc1. The molecule has 2 aromatic carbocycles. The van der Waals surface area contributed by atoms with Crippen molar-refractivity contribution in [3.05, 3.63) is 84.2 Å². The van der Waals surface area contributed by atoms with Crippen LogP contribution in [0, 0.1) is 0 Å². The number of nitrogens with one attached hydrogen (secondary N) is 2. The molecule has 2 N–H and O–H groups in total. The molecule has 0 aliphatic rings.